The molecule has 9 rings (SSSR count). The normalized spacial score (nSPS) is 13.3. The summed E-state index contributed by atoms with van der Waals surface area (Å²) in [6.45, 7) is 8.58. The number of aromatic nitrogens is 3. The Kier molecular flexibility index (Phi) is 10.4. The molecule has 0 aliphatic carbocycles. The second-order valence-corrected chi connectivity index (χ2v) is 16.7. The van der Waals surface area contributed by atoms with Crippen molar-refractivity contribution in [2.75, 3.05) is 0 Å². The van der Waals surface area contributed by atoms with E-state index in [-0.39, 0.29) is 48.4 Å². The first kappa shape index (κ1) is 36.2. The molecule has 5 aromatic carbocycles. The van der Waals surface area contributed by atoms with Crippen LogP contribution in [-0.4, -0.2) is 15.0 Å². The van der Waals surface area contributed by atoms with Crippen LogP contribution in [0.5, 0.6) is 0 Å². The van der Waals surface area contributed by atoms with Crippen molar-refractivity contribution in [1.82, 2.24) is 15.0 Å². The maximum atomic E-state index is 9.62. The van der Waals surface area contributed by atoms with Gasteiger partial charge in [0.05, 0.1) is 18.6 Å². The van der Waals surface area contributed by atoms with Crippen molar-refractivity contribution < 1.29 is 31.4 Å². The van der Waals surface area contributed by atoms with Crippen molar-refractivity contribution in [3.8, 4) is 39.8 Å². The predicted octanol–water partition coefficient (Wildman–Crippen LogP) is 12.9. The molecule has 0 N–H and O–H groups in total. The molecule has 0 radical (unpaired) electrons. The number of nitriles is 1. The Morgan fingerprint density at radius 2 is 1.19 bits per heavy atom. The summed E-state index contributed by atoms with van der Waals surface area (Å²) in [5, 5.41) is 10.9. The summed E-state index contributed by atoms with van der Waals surface area (Å²) in [4.78, 5) is 14.2. The first-order valence-corrected chi connectivity index (χ1v) is 20.3. The zero-order valence-electron chi connectivity index (χ0n) is 39.8. The van der Waals surface area contributed by atoms with E-state index < -0.39 is 23.6 Å². The summed E-state index contributed by atoms with van der Waals surface area (Å²) < 4.78 is 52.8. The van der Waals surface area contributed by atoms with E-state index in [2.05, 4.69) is 69.1 Å². The number of nitrogens with zero attached hydrogens (tertiary/aromatic N) is 4. The molecule has 0 saturated heterocycles. The molecule has 0 bridgehead atoms. The summed E-state index contributed by atoms with van der Waals surface area (Å²) in [5.41, 5.74) is 8.57. The minimum Gasteiger partial charge on any atom is -0.501 e. The van der Waals surface area contributed by atoms with Gasteiger partial charge >= 0.3 is 20.1 Å². The van der Waals surface area contributed by atoms with Crippen LogP contribution in [0.4, 0.5) is 0 Å². The topological polar surface area (TPSA) is 75.6 Å². The summed E-state index contributed by atoms with van der Waals surface area (Å²) in [6.07, 6.45) is 1.21. The van der Waals surface area contributed by atoms with E-state index in [1.54, 1.807) is 42.5 Å². The zero-order chi connectivity index (χ0) is 46.4. The molecule has 0 aliphatic heterocycles. The van der Waals surface area contributed by atoms with Crippen molar-refractivity contribution >= 4 is 21.9 Å². The Balaban J connectivity index is 0.00000608. The summed E-state index contributed by atoms with van der Waals surface area (Å²) in [5.74, 6) is 0. The van der Waals surface area contributed by atoms with E-state index in [9.17, 15) is 10.7 Å². The maximum Gasteiger partial charge on any atom is 3.00 e. The van der Waals surface area contributed by atoms with Crippen LogP contribution in [0, 0.1) is 29.5 Å². The second kappa shape index (κ2) is 17.8. The van der Waals surface area contributed by atoms with Gasteiger partial charge in [-0.3, -0.25) is 0 Å². The average Bonchev–Trinajstić information content (AvgIpc) is 3.72. The van der Waals surface area contributed by atoms with Crippen LogP contribution in [0.2, 0.25) is 0 Å². The third kappa shape index (κ3) is 9.07. The van der Waals surface area contributed by atoms with Gasteiger partial charge in [-0.25, -0.2) is 0 Å². The van der Waals surface area contributed by atoms with Crippen LogP contribution >= 0.6 is 0 Å². The summed E-state index contributed by atoms with van der Waals surface area (Å²) in [7, 11) is 0. The first-order valence-electron chi connectivity index (χ1n) is 22.8. The van der Waals surface area contributed by atoms with Crippen LogP contribution in [-0.2, 0) is 56.5 Å². The monoisotopic (exact) mass is 987 g/mol. The van der Waals surface area contributed by atoms with Gasteiger partial charge in [-0.2, -0.15) is 5.26 Å². The van der Waals surface area contributed by atoms with Gasteiger partial charge in [0, 0.05) is 29.5 Å². The number of furan rings is 1. The fourth-order valence-electron chi connectivity index (χ4n) is 7.96. The van der Waals surface area contributed by atoms with Gasteiger partial charge in [-0.1, -0.05) is 99.3 Å². The van der Waals surface area contributed by atoms with E-state index in [4.69, 9.17) is 15.8 Å². The van der Waals surface area contributed by atoms with E-state index >= 15 is 0 Å². The van der Waals surface area contributed by atoms with Crippen LogP contribution in [0.15, 0.2) is 156 Å². The molecule has 4 aromatic heterocycles. The van der Waals surface area contributed by atoms with Crippen LogP contribution in [0.1, 0.15) is 73.5 Å². The van der Waals surface area contributed by atoms with Gasteiger partial charge in [0.25, 0.3) is 0 Å². The van der Waals surface area contributed by atoms with Crippen molar-refractivity contribution in [2.45, 2.75) is 64.1 Å². The number of hydrogen-bond donors (Lipinski definition) is 0. The molecule has 0 unspecified atom stereocenters. The number of aryl methyl sites for hydroxylation is 2. The number of benzene rings is 5. The average molecular weight is 987 g/mol. The van der Waals surface area contributed by atoms with E-state index in [1.165, 1.54) is 6.20 Å². The van der Waals surface area contributed by atoms with Crippen LogP contribution < -0.4 is 0 Å². The fourth-order valence-corrected chi connectivity index (χ4v) is 7.96. The number of pyridine rings is 3. The molecule has 304 valence electrons. The molecule has 0 fully saturated rings. The van der Waals surface area contributed by atoms with Crippen molar-refractivity contribution in [3.63, 3.8) is 0 Å². The molecular formula is C56H45IrN4O. The van der Waals surface area contributed by atoms with Crippen molar-refractivity contribution in [3.05, 3.63) is 209 Å². The number of fused-ring (bicyclic) bond motifs is 3. The minimum atomic E-state index is -2.52. The molecular weight excluding hydrogens is 937 g/mol. The number of hydrogen-bond acceptors (Lipinski definition) is 5. The summed E-state index contributed by atoms with van der Waals surface area (Å²) >= 11 is 0. The zero-order valence-corrected chi connectivity index (χ0v) is 37.2. The van der Waals surface area contributed by atoms with E-state index in [1.807, 2.05) is 85.2 Å². The fraction of sp³-hybridized carbons (Fsp3) is 0.179. The van der Waals surface area contributed by atoms with Gasteiger partial charge in [0.15, 0.2) is 0 Å². The van der Waals surface area contributed by atoms with Crippen LogP contribution in [0.3, 0.4) is 0 Å². The van der Waals surface area contributed by atoms with Gasteiger partial charge in [0.2, 0.25) is 0 Å². The van der Waals surface area contributed by atoms with Gasteiger partial charge < -0.3 is 19.4 Å². The van der Waals surface area contributed by atoms with Crippen molar-refractivity contribution in [2.24, 2.45) is 0 Å². The Morgan fingerprint density at radius 1 is 0.613 bits per heavy atom. The Labute approximate surface area is 385 Å². The Hall–Kier alpha value is -6.51. The van der Waals surface area contributed by atoms with Gasteiger partial charge in [0.1, 0.15) is 5.58 Å². The molecule has 0 aliphatic rings. The molecule has 0 spiro atoms. The smallest absolute Gasteiger partial charge is 0.501 e. The molecule has 0 saturated carbocycles. The third-order valence-electron chi connectivity index (χ3n) is 11.2. The molecule has 62 heavy (non-hydrogen) atoms. The van der Waals surface area contributed by atoms with E-state index in [0.29, 0.717) is 35.1 Å². The molecule has 0 atom stereocenters. The third-order valence-corrected chi connectivity index (χ3v) is 11.2. The second-order valence-electron chi connectivity index (χ2n) is 16.7. The Bertz CT molecular complexity index is 3140. The SMILES string of the molecule is [2H]c1c(C#N)ccc2c1oc1c(-c3ccc(C([2H])([2H])C([2H])([2H])c4cc(CC(C)(C)c5ccc(-c6[c-]cccc6)nc5)cc(CC(C)(C)c5ccc(-c6[c-]cccc6)nc5)c4)cn3)[c-]ccc12.[Ir+3]. The molecule has 5 nitrogen and oxygen atoms in total. The predicted molar refractivity (Wildman–Crippen MR) is 245 cm³/mol. The van der Waals surface area contributed by atoms with Crippen molar-refractivity contribution in [1.29, 1.82) is 5.26 Å². The van der Waals surface area contributed by atoms with E-state index in [0.717, 1.165) is 50.2 Å². The van der Waals surface area contributed by atoms with Crippen LogP contribution in [0.25, 0.3) is 55.7 Å². The molecule has 9 aromatic rings. The quantitative estimate of drug-likeness (QED) is 0.114. The Morgan fingerprint density at radius 3 is 1.73 bits per heavy atom. The maximum absolute atomic E-state index is 9.62. The molecule has 0 amide bonds. The minimum absolute atomic E-state index is 0. The van der Waals surface area contributed by atoms with Gasteiger partial charge in [-0.05, 0) is 99.0 Å². The molecule has 6 heteroatoms. The molecule has 4 heterocycles. The summed E-state index contributed by atoms with van der Waals surface area (Å²) in [6, 6.07) is 51.2. The van der Waals surface area contributed by atoms with Gasteiger partial charge in [-0.15, -0.1) is 90.0 Å². The largest absolute Gasteiger partial charge is 3.00 e. The number of rotatable bonds is 12. The first-order chi connectivity index (χ1) is 31.6. The standard InChI is InChI=1S/C56H45N4O.Ir/c1-55(2,45-22-26-50(59-36-45)43-12-7-5-8-13-43)32-41-28-39(29-42(30-41)33-56(3,4)46-23-27-51(60-37-46)44-14-9-6-10-15-44)19-18-38-21-25-52(58-35-38)49-17-11-16-48-47-24-20-40(34-57)31-53(47)61-54(48)49;/h5-12,14,16,20-31,35-37H,18-19,32-33H2,1-4H3;/q-3;+3/i18D2,19D2,31D;.